The van der Waals surface area contributed by atoms with Crippen molar-refractivity contribution in [1.29, 1.82) is 0 Å². The molecule has 0 amide bonds. The smallest absolute Gasteiger partial charge is 0.353 e. The summed E-state index contributed by atoms with van der Waals surface area (Å²) in [4.78, 5) is 19.0. The van der Waals surface area contributed by atoms with E-state index < -0.39 is 10.6 Å². The number of nitro groups is 1. The molecule has 0 atom stereocenters. The van der Waals surface area contributed by atoms with E-state index in [1.165, 1.54) is 14.2 Å². The van der Waals surface area contributed by atoms with Gasteiger partial charge in [0.15, 0.2) is 0 Å². The van der Waals surface area contributed by atoms with Crippen LogP contribution in [0.25, 0.3) is 0 Å². The number of nitrogens with two attached hydrogens (primary N) is 1. The van der Waals surface area contributed by atoms with E-state index >= 15 is 0 Å². The molecule has 0 saturated heterocycles. The van der Waals surface area contributed by atoms with Gasteiger partial charge < -0.3 is 25.8 Å². The van der Waals surface area contributed by atoms with Crippen LogP contribution in [0.1, 0.15) is 0 Å². The highest BCUT2D eigenvalue weighted by Gasteiger charge is 2.23. The Morgan fingerprint density at radius 2 is 1.79 bits per heavy atom. The van der Waals surface area contributed by atoms with Crippen molar-refractivity contribution in [2.24, 2.45) is 0 Å². The fraction of sp³-hybridized carbons (Fsp3) is 0.111. The van der Waals surface area contributed by atoms with E-state index in [-0.39, 0.29) is 17.6 Å². The van der Waals surface area contributed by atoms with Crippen LogP contribution in [-0.2, 0) is 0 Å². The number of ether oxygens (including phenoxy) is 2. The van der Waals surface area contributed by atoms with Crippen LogP contribution >= 0.6 is 0 Å². The van der Waals surface area contributed by atoms with Crippen LogP contribution in [0, 0.1) is 10.1 Å². The summed E-state index contributed by atoms with van der Waals surface area (Å²) < 4.78 is 10.5. The number of hydrogen-bond donors (Lipinski definition) is 3. The average Bonchev–Trinajstić information content (AvgIpc) is 2.68. The largest absolute Gasteiger partial charge is 0.497 e. The molecule has 144 valence electrons. The first-order valence-electron chi connectivity index (χ1n) is 8.15. The molecule has 0 radical (unpaired) electrons. The summed E-state index contributed by atoms with van der Waals surface area (Å²) in [6, 6.07) is 14.0. The molecule has 4 N–H and O–H groups in total. The molecule has 2 aromatic carbocycles. The fourth-order valence-corrected chi connectivity index (χ4v) is 2.49. The molecule has 0 spiro atoms. The molecule has 3 rings (SSSR count). The maximum Gasteiger partial charge on any atom is 0.353 e. The van der Waals surface area contributed by atoms with Crippen molar-refractivity contribution in [2.75, 3.05) is 30.6 Å². The summed E-state index contributed by atoms with van der Waals surface area (Å²) in [6.45, 7) is 0. The molecule has 0 unspecified atom stereocenters. The zero-order chi connectivity index (χ0) is 20.1. The Bertz CT molecular complexity index is 997. The maximum absolute atomic E-state index is 11.4. The topological polar surface area (TPSA) is 137 Å². The van der Waals surface area contributed by atoms with Crippen molar-refractivity contribution in [2.45, 2.75) is 0 Å². The van der Waals surface area contributed by atoms with Crippen LogP contribution in [0.15, 0.2) is 48.5 Å². The van der Waals surface area contributed by atoms with Crippen molar-refractivity contribution >= 4 is 34.6 Å². The lowest BCUT2D eigenvalue weighted by atomic mass is 10.2. The quantitative estimate of drug-likeness (QED) is 0.414. The van der Waals surface area contributed by atoms with E-state index in [0.29, 0.717) is 22.9 Å². The number of aromatic nitrogens is 2. The molecular formula is C18H18N6O4. The molecule has 0 aliphatic rings. The number of nitrogens with one attached hydrogen (secondary N) is 2. The summed E-state index contributed by atoms with van der Waals surface area (Å²) in [5.74, 6) is 0.851. The number of benzene rings is 2. The number of hydrogen-bond acceptors (Lipinski definition) is 9. The predicted molar refractivity (Wildman–Crippen MR) is 106 cm³/mol. The van der Waals surface area contributed by atoms with Crippen LogP contribution in [0.4, 0.5) is 34.6 Å². The Balaban J connectivity index is 2.02. The van der Waals surface area contributed by atoms with E-state index in [0.717, 1.165) is 0 Å². The molecule has 1 heterocycles. The third kappa shape index (κ3) is 4.01. The molecule has 0 saturated carbocycles. The number of nitrogen functional groups attached to an aromatic ring is 1. The summed E-state index contributed by atoms with van der Waals surface area (Å²) in [5.41, 5.74) is 6.55. The van der Waals surface area contributed by atoms with Gasteiger partial charge in [-0.1, -0.05) is 18.2 Å². The second-order valence-electron chi connectivity index (χ2n) is 5.57. The first-order chi connectivity index (χ1) is 13.5. The van der Waals surface area contributed by atoms with Crippen molar-refractivity contribution in [3.63, 3.8) is 0 Å². The summed E-state index contributed by atoms with van der Waals surface area (Å²) >= 11 is 0. The molecule has 1 aromatic heterocycles. The second kappa shape index (κ2) is 8.08. The Hall–Kier alpha value is -4.08. The van der Waals surface area contributed by atoms with Crippen LogP contribution < -0.4 is 25.8 Å². The molecule has 0 aliphatic heterocycles. The number of methoxy groups -OCH3 is 2. The van der Waals surface area contributed by atoms with E-state index in [9.17, 15) is 10.1 Å². The summed E-state index contributed by atoms with van der Waals surface area (Å²) in [6.07, 6.45) is 0. The van der Waals surface area contributed by atoms with Crippen molar-refractivity contribution in [3.8, 4) is 11.5 Å². The zero-order valence-corrected chi connectivity index (χ0v) is 15.2. The molecule has 28 heavy (non-hydrogen) atoms. The molecular weight excluding hydrogens is 364 g/mol. The summed E-state index contributed by atoms with van der Waals surface area (Å²) in [7, 11) is 3.05. The van der Waals surface area contributed by atoms with Gasteiger partial charge in [-0.3, -0.25) is 10.1 Å². The highest BCUT2D eigenvalue weighted by Crippen LogP contribution is 2.34. The number of anilines is 5. The monoisotopic (exact) mass is 382 g/mol. The third-order valence-corrected chi connectivity index (χ3v) is 3.78. The Morgan fingerprint density at radius 3 is 2.43 bits per heavy atom. The van der Waals surface area contributed by atoms with Gasteiger partial charge in [0.25, 0.3) is 0 Å². The minimum absolute atomic E-state index is 0.0342. The van der Waals surface area contributed by atoms with E-state index in [1.54, 1.807) is 42.5 Å². The summed E-state index contributed by atoms with van der Waals surface area (Å²) in [5, 5.41) is 17.3. The highest BCUT2D eigenvalue weighted by molar-refractivity contribution is 5.76. The van der Waals surface area contributed by atoms with Gasteiger partial charge in [0.1, 0.15) is 11.5 Å². The minimum atomic E-state index is -0.628. The molecule has 0 bridgehead atoms. The SMILES string of the molecule is COc1ccc(OC)c(Nc2nc(N)c([N+](=O)[O-])c(Nc3ccccc3)n2)c1. The Kier molecular flexibility index (Phi) is 5.40. The zero-order valence-electron chi connectivity index (χ0n) is 15.2. The highest BCUT2D eigenvalue weighted by atomic mass is 16.6. The molecule has 0 aliphatic carbocycles. The van der Waals surface area contributed by atoms with Gasteiger partial charge in [-0.2, -0.15) is 9.97 Å². The third-order valence-electron chi connectivity index (χ3n) is 3.78. The van der Waals surface area contributed by atoms with Gasteiger partial charge in [-0.15, -0.1) is 0 Å². The van der Waals surface area contributed by atoms with Crippen molar-refractivity contribution in [3.05, 3.63) is 58.6 Å². The predicted octanol–water partition coefficient (Wildman–Crippen LogP) is 3.47. The second-order valence-corrected chi connectivity index (χ2v) is 5.57. The van der Waals surface area contributed by atoms with Gasteiger partial charge in [0.2, 0.25) is 17.6 Å². The van der Waals surface area contributed by atoms with E-state index in [1.807, 2.05) is 6.07 Å². The lowest BCUT2D eigenvalue weighted by molar-refractivity contribution is -0.383. The van der Waals surface area contributed by atoms with Gasteiger partial charge in [-0.05, 0) is 24.3 Å². The minimum Gasteiger partial charge on any atom is -0.497 e. The van der Waals surface area contributed by atoms with Crippen LogP contribution in [0.3, 0.4) is 0 Å². The van der Waals surface area contributed by atoms with E-state index in [2.05, 4.69) is 20.6 Å². The number of para-hydroxylation sites is 1. The van der Waals surface area contributed by atoms with Gasteiger partial charge in [0, 0.05) is 11.8 Å². The normalized spacial score (nSPS) is 10.2. The standard InChI is InChI=1S/C18H18N6O4/c1-27-12-8-9-14(28-2)13(10-12)21-18-22-16(19)15(24(25)26)17(23-18)20-11-6-4-3-5-7-11/h3-10H,1-2H3,(H4,19,20,21,22,23). The van der Waals surface area contributed by atoms with E-state index in [4.69, 9.17) is 15.2 Å². The number of rotatable bonds is 7. The van der Waals surface area contributed by atoms with Crippen LogP contribution in [0.2, 0.25) is 0 Å². The first-order valence-corrected chi connectivity index (χ1v) is 8.15. The van der Waals surface area contributed by atoms with Crippen molar-refractivity contribution in [1.82, 2.24) is 9.97 Å². The molecule has 10 heteroatoms. The maximum atomic E-state index is 11.4. The van der Waals surface area contributed by atoms with Crippen LogP contribution in [0.5, 0.6) is 11.5 Å². The van der Waals surface area contributed by atoms with Crippen molar-refractivity contribution < 1.29 is 14.4 Å². The lowest BCUT2D eigenvalue weighted by Gasteiger charge is -2.13. The van der Waals surface area contributed by atoms with Gasteiger partial charge >= 0.3 is 5.69 Å². The Labute approximate surface area is 160 Å². The van der Waals surface area contributed by atoms with Gasteiger partial charge in [0.05, 0.1) is 24.8 Å². The lowest BCUT2D eigenvalue weighted by Crippen LogP contribution is -2.09. The molecule has 0 fully saturated rings. The van der Waals surface area contributed by atoms with Crippen LogP contribution in [-0.4, -0.2) is 29.1 Å². The molecule has 3 aromatic rings. The first kappa shape index (κ1) is 18.7. The fourth-order valence-electron chi connectivity index (χ4n) is 2.49. The average molecular weight is 382 g/mol. The number of nitrogens with zero attached hydrogens (tertiary/aromatic N) is 3. The Morgan fingerprint density at radius 1 is 1.04 bits per heavy atom. The van der Waals surface area contributed by atoms with Gasteiger partial charge in [-0.25, -0.2) is 0 Å². The molecule has 10 nitrogen and oxygen atoms in total.